The monoisotopic (exact) mass is 385 g/mol. The second-order valence-electron chi connectivity index (χ2n) is 5.12. The number of carbonyl (C=O) groups excluding carboxylic acids is 1. The van der Waals surface area contributed by atoms with Gasteiger partial charge in [-0.1, -0.05) is 13.8 Å². The molecule has 1 aromatic heterocycles. The van der Waals surface area contributed by atoms with Gasteiger partial charge in [-0.25, -0.2) is 17.6 Å². The molecule has 0 saturated heterocycles. The topological polar surface area (TPSA) is 78.5 Å². The third-order valence-corrected chi connectivity index (χ3v) is 7.06. The maximum absolute atomic E-state index is 12.8. The molecule has 25 heavy (non-hydrogen) atoms. The Morgan fingerprint density at radius 2 is 1.76 bits per heavy atom. The third-order valence-electron chi connectivity index (χ3n) is 3.46. The Balaban J connectivity index is 1.95. The van der Waals surface area contributed by atoms with Crippen molar-refractivity contribution in [1.82, 2.24) is 9.62 Å². The van der Waals surface area contributed by atoms with Crippen molar-refractivity contribution in [3.8, 4) is 0 Å². The van der Waals surface area contributed by atoms with E-state index in [4.69, 9.17) is 0 Å². The Hall–Kier alpha value is -1.97. The normalized spacial score (nSPS) is 11.5. The molecule has 136 valence electrons. The van der Waals surface area contributed by atoms with E-state index >= 15 is 0 Å². The number of thiophene rings is 1. The Labute approximate surface area is 150 Å². The summed E-state index contributed by atoms with van der Waals surface area (Å²) in [7, 11) is -3.48. The van der Waals surface area contributed by atoms with Crippen molar-refractivity contribution in [2.45, 2.75) is 24.6 Å². The molecule has 0 fully saturated rings. The second-order valence-corrected chi connectivity index (χ2v) is 8.46. The van der Waals surface area contributed by atoms with Gasteiger partial charge in [0, 0.05) is 23.7 Å². The molecule has 2 amide bonds. The number of benzene rings is 1. The molecule has 0 atom stereocenters. The Kier molecular flexibility index (Phi) is 6.51. The van der Waals surface area contributed by atoms with Gasteiger partial charge < -0.3 is 10.6 Å². The number of nitrogens with zero attached hydrogens (tertiary/aromatic N) is 1. The van der Waals surface area contributed by atoms with Crippen LogP contribution in [0.15, 0.2) is 40.6 Å². The first-order valence-electron chi connectivity index (χ1n) is 7.76. The summed E-state index contributed by atoms with van der Waals surface area (Å²) in [6.45, 7) is 4.59. The molecule has 0 aliphatic heterocycles. The number of sulfonamides is 1. The van der Waals surface area contributed by atoms with Crippen molar-refractivity contribution in [1.29, 1.82) is 0 Å². The van der Waals surface area contributed by atoms with E-state index in [9.17, 15) is 17.6 Å². The molecule has 0 aliphatic carbocycles. The fraction of sp³-hybridized carbons (Fsp3) is 0.312. The maximum atomic E-state index is 12.8. The molecule has 2 aromatic rings. The summed E-state index contributed by atoms with van der Waals surface area (Å²) in [5.41, 5.74) is 0.467. The Morgan fingerprint density at radius 1 is 1.12 bits per heavy atom. The van der Waals surface area contributed by atoms with E-state index < -0.39 is 16.1 Å². The van der Waals surface area contributed by atoms with Gasteiger partial charge in [0.05, 0.1) is 6.54 Å². The standard InChI is InChI=1S/C16H20FN3O3S2/c1-3-20(4-2)25(22,23)15-10-9-14(24-15)11-18-16(21)19-13-7-5-12(17)6-8-13/h5-10H,3-4,11H2,1-2H3,(H2,18,19,21). The lowest BCUT2D eigenvalue weighted by Crippen LogP contribution is -2.30. The zero-order chi connectivity index (χ0) is 18.4. The number of nitrogens with one attached hydrogen (secondary N) is 2. The van der Waals surface area contributed by atoms with E-state index in [2.05, 4.69) is 10.6 Å². The van der Waals surface area contributed by atoms with Crippen LogP contribution in [0.4, 0.5) is 14.9 Å². The Morgan fingerprint density at radius 3 is 2.36 bits per heavy atom. The number of urea groups is 1. The van der Waals surface area contributed by atoms with Gasteiger partial charge in [-0.2, -0.15) is 4.31 Å². The molecule has 6 nitrogen and oxygen atoms in total. The molecule has 0 radical (unpaired) electrons. The first kappa shape index (κ1) is 19.4. The number of amides is 2. The van der Waals surface area contributed by atoms with Crippen LogP contribution in [0.5, 0.6) is 0 Å². The maximum Gasteiger partial charge on any atom is 0.319 e. The van der Waals surface area contributed by atoms with E-state index in [1.165, 1.54) is 28.6 Å². The number of carbonyl (C=O) groups is 1. The lowest BCUT2D eigenvalue weighted by Gasteiger charge is -2.16. The van der Waals surface area contributed by atoms with E-state index in [-0.39, 0.29) is 16.6 Å². The van der Waals surface area contributed by atoms with Crippen LogP contribution in [0.3, 0.4) is 0 Å². The highest BCUT2D eigenvalue weighted by Gasteiger charge is 2.23. The third kappa shape index (κ3) is 5.00. The molecule has 2 N–H and O–H groups in total. The van der Waals surface area contributed by atoms with Crippen LogP contribution in [0.1, 0.15) is 18.7 Å². The van der Waals surface area contributed by atoms with Crippen LogP contribution in [0.25, 0.3) is 0 Å². The molecule has 0 bridgehead atoms. The lowest BCUT2D eigenvalue weighted by atomic mass is 10.3. The predicted octanol–water partition coefficient (Wildman–Crippen LogP) is 3.24. The number of hydrogen-bond donors (Lipinski definition) is 2. The van der Waals surface area contributed by atoms with E-state index in [0.717, 1.165) is 16.2 Å². The van der Waals surface area contributed by atoms with Crippen LogP contribution in [0, 0.1) is 5.82 Å². The molecule has 9 heteroatoms. The van der Waals surface area contributed by atoms with E-state index in [0.29, 0.717) is 18.8 Å². The minimum absolute atomic E-state index is 0.200. The summed E-state index contributed by atoms with van der Waals surface area (Å²) in [4.78, 5) is 12.6. The van der Waals surface area contributed by atoms with Crippen molar-refractivity contribution in [3.05, 3.63) is 47.1 Å². The fourth-order valence-corrected chi connectivity index (χ4v) is 5.07. The summed E-state index contributed by atoms with van der Waals surface area (Å²) in [6, 6.07) is 8.18. The van der Waals surface area contributed by atoms with Gasteiger partial charge in [-0.3, -0.25) is 0 Å². The van der Waals surface area contributed by atoms with Crippen molar-refractivity contribution in [2.75, 3.05) is 18.4 Å². The SMILES string of the molecule is CCN(CC)S(=O)(=O)c1ccc(CNC(=O)Nc2ccc(F)cc2)s1. The van der Waals surface area contributed by atoms with Gasteiger partial charge in [0.1, 0.15) is 10.0 Å². The summed E-state index contributed by atoms with van der Waals surface area (Å²) in [5.74, 6) is -0.383. The molecule has 0 aliphatic rings. The van der Waals surface area contributed by atoms with Gasteiger partial charge in [0.15, 0.2) is 0 Å². The molecule has 1 aromatic carbocycles. The minimum atomic E-state index is -3.48. The van der Waals surface area contributed by atoms with E-state index in [1.807, 2.05) is 0 Å². The highest BCUT2D eigenvalue weighted by molar-refractivity contribution is 7.91. The molecule has 1 heterocycles. The summed E-state index contributed by atoms with van der Waals surface area (Å²) < 4.78 is 39.3. The number of anilines is 1. The molecular formula is C16H20FN3O3S2. The smallest absolute Gasteiger partial charge is 0.319 e. The van der Waals surface area contributed by atoms with Crippen LogP contribution in [-0.4, -0.2) is 31.8 Å². The highest BCUT2D eigenvalue weighted by Crippen LogP contribution is 2.24. The highest BCUT2D eigenvalue weighted by atomic mass is 32.2. The van der Waals surface area contributed by atoms with Crippen LogP contribution >= 0.6 is 11.3 Å². The van der Waals surface area contributed by atoms with Gasteiger partial charge in [-0.15, -0.1) is 11.3 Å². The minimum Gasteiger partial charge on any atom is -0.333 e. The van der Waals surface area contributed by atoms with Crippen molar-refractivity contribution >= 4 is 33.1 Å². The van der Waals surface area contributed by atoms with Gasteiger partial charge in [0.2, 0.25) is 0 Å². The van der Waals surface area contributed by atoms with Crippen LogP contribution in [0.2, 0.25) is 0 Å². The fourth-order valence-electron chi connectivity index (χ4n) is 2.16. The molecule has 0 unspecified atom stereocenters. The molecular weight excluding hydrogens is 365 g/mol. The summed E-state index contributed by atoms with van der Waals surface area (Å²) in [5, 5.41) is 5.22. The van der Waals surface area contributed by atoms with E-state index in [1.54, 1.807) is 26.0 Å². The first-order chi connectivity index (χ1) is 11.9. The van der Waals surface area contributed by atoms with Gasteiger partial charge in [-0.05, 0) is 36.4 Å². The average Bonchev–Trinajstić information content (AvgIpc) is 3.06. The summed E-state index contributed by atoms with van der Waals surface area (Å²) >= 11 is 1.13. The van der Waals surface area contributed by atoms with Crippen LogP contribution < -0.4 is 10.6 Å². The van der Waals surface area contributed by atoms with Gasteiger partial charge in [0.25, 0.3) is 10.0 Å². The summed E-state index contributed by atoms with van der Waals surface area (Å²) in [6.07, 6.45) is 0. The van der Waals surface area contributed by atoms with Crippen molar-refractivity contribution in [3.63, 3.8) is 0 Å². The zero-order valence-electron chi connectivity index (χ0n) is 14.0. The lowest BCUT2D eigenvalue weighted by molar-refractivity contribution is 0.252. The average molecular weight is 385 g/mol. The Bertz CT molecular complexity index is 815. The first-order valence-corrected chi connectivity index (χ1v) is 10.0. The number of hydrogen-bond acceptors (Lipinski definition) is 4. The number of rotatable bonds is 7. The quantitative estimate of drug-likeness (QED) is 0.768. The van der Waals surface area contributed by atoms with Crippen molar-refractivity contribution < 1.29 is 17.6 Å². The van der Waals surface area contributed by atoms with Crippen molar-refractivity contribution in [2.24, 2.45) is 0 Å². The van der Waals surface area contributed by atoms with Crippen LogP contribution in [-0.2, 0) is 16.6 Å². The molecule has 0 spiro atoms. The molecule has 0 saturated carbocycles. The largest absolute Gasteiger partial charge is 0.333 e. The predicted molar refractivity (Wildman–Crippen MR) is 96.7 cm³/mol. The second kappa shape index (κ2) is 8.41. The zero-order valence-corrected chi connectivity index (χ0v) is 15.6. The number of halogens is 1. The van der Waals surface area contributed by atoms with Gasteiger partial charge >= 0.3 is 6.03 Å². The molecule has 2 rings (SSSR count).